The Morgan fingerprint density at radius 1 is 1.43 bits per heavy atom. The van der Waals surface area contributed by atoms with Crippen LogP contribution >= 0.6 is 11.3 Å². The number of anilines is 1. The summed E-state index contributed by atoms with van der Waals surface area (Å²) < 4.78 is 30.8. The molecule has 0 spiro atoms. The van der Waals surface area contributed by atoms with Gasteiger partial charge in [-0.3, -0.25) is 19.2 Å². The van der Waals surface area contributed by atoms with Crippen LogP contribution < -0.4 is 10.8 Å². The zero-order valence-electron chi connectivity index (χ0n) is 14.6. The largest absolute Gasteiger partial charge is 0.562 e. The number of carbonyl (C=O) groups is 2. The summed E-state index contributed by atoms with van der Waals surface area (Å²) in [5.41, 5.74) is -1.07. The lowest BCUT2D eigenvalue weighted by atomic mass is 9.75. The number of rotatable bonds is 5. The maximum atomic E-state index is 12.8. The van der Waals surface area contributed by atoms with Crippen molar-refractivity contribution in [2.75, 3.05) is 12.4 Å². The fraction of sp³-hybridized carbons (Fsp3) is 0.133. The molecule has 0 unspecified atom stereocenters. The number of nitrogens with one attached hydrogen (secondary N) is 1. The van der Waals surface area contributed by atoms with Gasteiger partial charge in [0.2, 0.25) is 0 Å². The second-order valence-electron chi connectivity index (χ2n) is 5.70. The van der Waals surface area contributed by atoms with E-state index in [1.165, 1.54) is 35.7 Å². The number of hydrogen-bond acceptors (Lipinski definition) is 9. The Hall–Kier alpha value is -2.90. The van der Waals surface area contributed by atoms with Crippen molar-refractivity contribution >= 4 is 57.2 Å². The first-order chi connectivity index (χ1) is 13.2. The van der Waals surface area contributed by atoms with Crippen LogP contribution in [0.3, 0.4) is 0 Å². The van der Waals surface area contributed by atoms with Gasteiger partial charge in [-0.05, 0) is 13.0 Å². The van der Waals surface area contributed by atoms with Crippen LogP contribution in [0.15, 0.2) is 35.0 Å². The molecule has 0 bridgehead atoms. The predicted octanol–water partition coefficient (Wildman–Crippen LogP) is -0.189. The standard InChI is InChI=1S/C15H14BN3O7S2/c1-8-6-17-15(27-8)18-14(22)12-13(21)11-9(16(23)26-7-20)4-3-5-10(11)28(24,25)19(12)2/h3-7,21,23H,1-2H3,(H,17,18,22). The minimum atomic E-state index is -4.22. The quantitative estimate of drug-likeness (QED) is 0.443. The Morgan fingerprint density at radius 3 is 2.75 bits per heavy atom. The van der Waals surface area contributed by atoms with Crippen molar-refractivity contribution in [3.8, 4) is 0 Å². The van der Waals surface area contributed by atoms with Crippen LogP contribution in [-0.2, 0) is 24.3 Å². The molecule has 28 heavy (non-hydrogen) atoms. The van der Waals surface area contributed by atoms with Crippen molar-refractivity contribution in [2.45, 2.75) is 11.8 Å². The molecule has 2 aromatic rings. The van der Waals surface area contributed by atoms with Gasteiger partial charge in [0, 0.05) is 29.1 Å². The minimum Gasteiger partial charge on any atom is -0.508 e. The molecular formula is C15H14BN3O7S2. The molecule has 0 atom stereocenters. The van der Waals surface area contributed by atoms with Crippen molar-refractivity contribution in [2.24, 2.45) is 0 Å². The van der Waals surface area contributed by atoms with Gasteiger partial charge in [0.1, 0.15) is 0 Å². The SMILES string of the molecule is Cc1cnc(NC(=O)C2=C(O)c3c(B(O)OC=O)cccc3S(=O)(=O)N2C)s1. The van der Waals surface area contributed by atoms with Crippen molar-refractivity contribution in [3.63, 3.8) is 0 Å². The molecule has 146 valence electrons. The van der Waals surface area contributed by atoms with Gasteiger partial charge < -0.3 is 14.8 Å². The fourth-order valence-electron chi connectivity index (χ4n) is 2.70. The molecule has 0 radical (unpaired) electrons. The summed E-state index contributed by atoms with van der Waals surface area (Å²) in [4.78, 5) is 27.7. The van der Waals surface area contributed by atoms with E-state index in [0.717, 1.165) is 11.9 Å². The number of aromatic nitrogens is 1. The third-order valence-corrected chi connectivity index (χ3v) is 6.61. The monoisotopic (exact) mass is 423 g/mol. The summed E-state index contributed by atoms with van der Waals surface area (Å²) in [5.74, 6) is -1.61. The lowest BCUT2D eigenvalue weighted by molar-refractivity contribution is -0.121. The fourth-order valence-corrected chi connectivity index (χ4v) is 4.79. The van der Waals surface area contributed by atoms with E-state index < -0.39 is 34.5 Å². The van der Waals surface area contributed by atoms with Crippen LogP contribution in [0.4, 0.5) is 5.13 Å². The van der Waals surface area contributed by atoms with Crippen molar-refractivity contribution in [1.29, 1.82) is 0 Å². The number of sulfonamides is 1. The molecule has 0 fully saturated rings. The Balaban J connectivity index is 2.17. The third-order valence-electron chi connectivity index (χ3n) is 3.98. The van der Waals surface area contributed by atoms with Crippen molar-refractivity contribution in [1.82, 2.24) is 9.29 Å². The molecule has 1 aromatic carbocycles. The molecule has 3 rings (SSSR count). The summed E-state index contributed by atoms with van der Waals surface area (Å²) in [6.07, 6.45) is 1.52. The maximum absolute atomic E-state index is 12.8. The van der Waals surface area contributed by atoms with E-state index in [1.807, 2.05) is 0 Å². The molecule has 13 heteroatoms. The summed E-state index contributed by atoms with van der Waals surface area (Å²) in [5, 5.41) is 23.4. The summed E-state index contributed by atoms with van der Waals surface area (Å²) in [6, 6.07) is 3.78. The summed E-state index contributed by atoms with van der Waals surface area (Å²) >= 11 is 1.17. The number of benzene rings is 1. The Bertz CT molecular complexity index is 1100. The number of hydrogen-bond donors (Lipinski definition) is 3. The van der Waals surface area contributed by atoms with Gasteiger partial charge in [-0.15, -0.1) is 11.3 Å². The highest BCUT2D eigenvalue weighted by Gasteiger charge is 2.41. The highest BCUT2D eigenvalue weighted by Crippen LogP contribution is 2.34. The number of fused-ring (bicyclic) bond motifs is 1. The number of likely N-dealkylation sites (N-methyl/N-ethyl adjacent to an activating group) is 1. The van der Waals surface area contributed by atoms with Crippen molar-refractivity contribution < 1.29 is 32.8 Å². The molecule has 0 saturated heterocycles. The van der Waals surface area contributed by atoms with Gasteiger partial charge in [-0.1, -0.05) is 12.1 Å². The molecule has 1 aromatic heterocycles. The molecule has 1 aliphatic rings. The number of thiazole rings is 1. The lowest BCUT2D eigenvalue weighted by Gasteiger charge is -2.29. The number of carbonyl (C=O) groups excluding carboxylic acids is 2. The van der Waals surface area contributed by atoms with Crippen LogP contribution in [0.25, 0.3) is 5.76 Å². The van der Waals surface area contributed by atoms with Crippen LogP contribution in [0.2, 0.25) is 0 Å². The van der Waals surface area contributed by atoms with Gasteiger partial charge in [-0.2, -0.15) is 0 Å². The van der Waals surface area contributed by atoms with Crippen LogP contribution in [-0.4, -0.2) is 54.4 Å². The summed E-state index contributed by atoms with van der Waals surface area (Å²) in [6.45, 7) is 1.75. The third kappa shape index (κ3) is 3.23. The van der Waals surface area contributed by atoms with E-state index in [2.05, 4.69) is 15.0 Å². The van der Waals surface area contributed by atoms with Gasteiger partial charge in [0.15, 0.2) is 16.6 Å². The Morgan fingerprint density at radius 2 is 2.14 bits per heavy atom. The lowest BCUT2D eigenvalue weighted by Crippen LogP contribution is -2.42. The minimum absolute atomic E-state index is 0.0211. The zero-order valence-corrected chi connectivity index (χ0v) is 16.2. The summed E-state index contributed by atoms with van der Waals surface area (Å²) in [7, 11) is -4.94. The van der Waals surface area contributed by atoms with E-state index in [-0.39, 0.29) is 27.5 Å². The average Bonchev–Trinajstić information content (AvgIpc) is 3.04. The smallest absolute Gasteiger partial charge is 0.508 e. The van der Waals surface area contributed by atoms with E-state index in [0.29, 0.717) is 4.31 Å². The number of nitrogens with zero attached hydrogens (tertiary/aromatic N) is 2. The van der Waals surface area contributed by atoms with Crippen molar-refractivity contribution in [3.05, 3.63) is 40.5 Å². The molecular weight excluding hydrogens is 409 g/mol. The Kier molecular flexibility index (Phi) is 5.15. The molecule has 1 amide bonds. The molecule has 2 heterocycles. The first-order valence-corrected chi connectivity index (χ1v) is 10.0. The number of aliphatic hydroxyl groups is 1. The second-order valence-corrected chi connectivity index (χ2v) is 8.88. The highest BCUT2D eigenvalue weighted by molar-refractivity contribution is 7.89. The molecule has 0 saturated carbocycles. The number of aryl methyl sites for hydroxylation is 1. The van der Waals surface area contributed by atoms with Gasteiger partial charge in [-0.25, -0.2) is 13.4 Å². The van der Waals surface area contributed by atoms with E-state index in [4.69, 9.17) is 0 Å². The average molecular weight is 423 g/mol. The van der Waals surface area contributed by atoms with Crippen LogP contribution in [0.1, 0.15) is 10.4 Å². The van der Waals surface area contributed by atoms with E-state index in [9.17, 15) is 28.1 Å². The first-order valence-electron chi connectivity index (χ1n) is 7.75. The topological polar surface area (TPSA) is 146 Å². The predicted molar refractivity (Wildman–Crippen MR) is 101 cm³/mol. The zero-order chi connectivity index (χ0) is 20.6. The second kappa shape index (κ2) is 7.26. The maximum Gasteiger partial charge on any atom is 0.562 e. The van der Waals surface area contributed by atoms with Crippen LogP contribution in [0, 0.1) is 6.92 Å². The van der Waals surface area contributed by atoms with Gasteiger partial charge in [0.05, 0.1) is 4.90 Å². The van der Waals surface area contributed by atoms with E-state index in [1.54, 1.807) is 6.92 Å². The van der Waals surface area contributed by atoms with E-state index >= 15 is 0 Å². The van der Waals surface area contributed by atoms with Gasteiger partial charge >= 0.3 is 7.12 Å². The first kappa shape index (κ1) is 19.9. The molecule has 10 nitrogen and oxygen atoms in total. The highest BCUT2D eigenvalue weighted by atomic mass is 32.2. The number of aliphatic hydroxyl groups excluding tert-OH is 1. The van der Waals surface area contributed by atoms with Gasteiger partial charge in [0.25, 0.3) is 22.4 Å². The van der Waals surface area contributed by atoms with Crippen LogP contribution in [0.5, 0.6) is 0 Å². The normalized spacial score (nSPS) is 15.0. The Labute approximate surface area is 164 Å². The molecule has 0 aliphatic carbocycles. The number of amides is 1. The molecule has 1 aliphatic heterocycles. The molecule has 3 N–H and O–H groups in total.